The largest absolute Gasteiger partial charge is 0.374 e. The van der Waals surface area contributed by atoms with Gasteiger partial charge in [-0.1, -0.05) is 0 Å². The maximum atomic E-state index is 5.71. The first kappa shape index (κ1) is 12.5. The predicted molar refractivity (Wildman–Crippen MR) is 69.1 cm³/mol. The van der Waals surface area contributed by atoms with Crippen LogP contribution in [0.1, 0.15) is 31.4 Å². The van der Waals surface area contributed by atoms with Gasteiger partial charge in [0.2, 0.25) is 0 Å². The monoisotopic (exact) mass is 234 g/mol. The predicted octanol–water partition coefficient (Wildman–Crippen LogP) is 2.09. The van der Waals surface area contributed by atoms with Crippen LogP contribution in [0.5, 0.6) is 0 Å². The van der Waals surface area contributed by atoms with Gasteiger partial charge in [0.25, 0.3) is 0 Å². The van der Waals surface area contributed by atoms with Crippen molar-refractivity contribution >= 4 is 0 Å². The number of hydrogen-bond acceptors (Lipinski definition) is 3. The van der Waals surface area contributed by atoms with E-state index in [9.17, 15) is 0 Å². The van der Waals surface area contributed by atoms with Crippen molar-refractivity contribution in [3.63, 3.8) is 0 Å². The Balaban J connectivity index is 1.76. The van der Waals surface area contributed by atoms with E-state index in [1.54, 1.807) is 0 Å². The minimum atomic E-state index is 0.0459. The summed E-state index contributed by atoms with van der Waals surface area (Å²) in [5, 5.41) is 3.57. The van der Waals surface area contributed by atoms with Gasteiger partial charge >= 0.3 is 0 Å². The molecule has 2 heterocycles. The minimum absolute atomic E-state index is 0.0459. The highest BCUT2D eigenvalue weighted by Crippen LogP contribution is 2.24. The Morgan fingerprint density at radius 2 is 2.35 bits per heavy atom. The SMILES string of the molecule is Cc1cnccc1CCNC1COC(C)(C)C1. The smallest absolute Gasteiger partial charge is 0.0643 e. The normalized spacial score (nSPS) is 22.9. The van der Waals surface area contributed by atoms with Crippen molar-refractivity contribution in [1.82, 2.24) is 10.3 Å². The molecule has 0 radical (unpaired) electrons. The minimum Gasteiger partial charge on any atom is -0.374 e. The molecule has 0 spiro atoms. The molecule has 1 saturated heterocycles. The average molecular weight is 234 g/mol. The van der Waals surface area contributed by atoms with Crippen molar-refractivity contribution < 1.29 is 4.74 Å². The Labute approximate surface area is 104 Å². The fraction of sp³-hybridized carbons (Fsp3) is 0.643. The van der Waals surface area contributed by atoms with Gasteiger partial charge in [-0.2, -0.15) is 0 Å². The molecule has 0 aromatic carbocycles. The summed E-state index contributed by atoms with van der Waals surface area (Å²) < 4.78 is 5.71. The molecule has 1 aliphatic heterocycles. The van der Waals surface area contributed by atoms with Crippen molar-refractivity contribution in [2.45, 2.75) is 45.3 Å². The lowest BCUT2D eigenvalue weighted by atomic mass is 10.0. The Hall–Kier alpha value is -0.930. The van der Waals surface area contributed by atoms with Crippen LogP contribution in [0.15, 0.2) is 18.5 Å². The Bertz CT molecular complexity index is 376. The van der Waals surface area contributed by atoms with Crippen LogP contribution in [0, 0.1) is 6.92 Å². The number of aryl methyl sites for hydroxylation is 1. The summed E-state index contributed by atoms with van der Waals surface area (Å²) in [4.78, 5) is 4.11. The zero-order valence-corrected chi connectivity index (χ0v) is 11.0. The maximum absolute atomic E-state index is 5.71. The molecule has 94 valence electrons. The molecule has 1 fully saturated rings. The number of ether oxygens (including phenoxy) is 1. The standard InChI is InChI=1S/C14H22N2O/c1-11-9-15-6-4-12(11)5-7-16-13-8-14(2,3)17-10-13/h4,6,9,13,16H,5,7-8,10H2,1-3H3. The van der Waals surface area contributed by atoms with E-state index < -0.39 is 0 Å². The second-order valence-corrected chi connectivity index (χ2v) is 5.48. The van der Waals surface area contributed by atoms with Crippen LogP contribution in [0.4, 0.5) is 0 Å². The van der Waals surface area contributed by atoms with E-state index in [0.29, 0.717) is 6.04 Å². The highest BCUT2D eigenvalue weighted by Gasteiger charge is 2.31. The zero-order chi connectivity index (χ0) is 12.3. The first-order valence-corrected chi connectivity index (χ1v) is 6.34. The summed E-state index contributed by atoms with van der Waals surface area (Å²) in [5.41, 5.74) is 2.70. The summed E-state index contributed by atoms with van der Waals surface area (Å²) in [6.45, 7) is 8.27. The summed E-state index contributed by atoms with van der Waals surface area (Å²) in [5.74, 6) is 0. The molecule has 0 aliphatic carbocycles. The number of rotatable bonds is 4. The lowest BCUT2D eigenvalue weighted by Gasteiger charge is -2.16. The van der Waals surface area contributed by atoms with Crippen molar-refractivity contribution in [2.24, 2.45) is 0 Å². The number of nitrogens with zero attached hydrogens (tertiary/aromatic N) is 1. The lowest BCUT2D eigenvalue weighted by molar-refractivity contribution is 0.0357. The topological polar surface area (TPSA) is 34.2 Å². The average Bonchev–Trinajstić information content (AvgIpc) is 2.61. The van der Waals surface area contributed by atoms with Crippen LogP contribution in [-0.4, -0.2) is 29.8 Å². The summed E-state index contributed by atoms with van der Waals surface area (Å²) in [6.07, 6.45) is 5.95. The van der Waals surface area contributed by atoms with Crippen LogP contribution < -0.4 is 5.32 Å². The summed E-state index contributed by atoms with van der Waals surface area (Å²) >= 11 is 0. The highest BCUT2D eigenvalue weighted by molar-refractivity contribution is 5.21. The Morgan fingerprint density at radius 3 is 3.00 bits per heavy atom. The van der Waals surface area contributed by atoms with Gasteiger partial charge in [-0.15, -0.1) is 0 Å². The quantitative estimate of drug-likeness (QED) is 0.866. The number of nitrogens with one attached hydrogen (secondary N) is 1. The summed E-state index contributed by atoms with van der Waals surface area (Å²) in [6, 6.07) is 2.61. The van der Waals surface area contributed by atoms with Gasteiger partial charge in [0.1, 0.15) is 0 Å². The fourth-order valence-corrected chi connectivity index (χ4v) is 2.36. The van der Waals surface area contributed by atoms with Gasteiger partial charge < -0.3 is 10.1 Å². The molecule has 0 bridgehead atoms. The molecule has 1 aromatic rings. The maximum Gasteiger partial charge on any atom is 0.0643 e. The molecule has 1 aliphatic rings. The third-order valence-corrected chi connectivity index (χ3v) is 3.38. The van der Waals surface area contributed by atoms with Gasteiger partial charge in [0, 0.05) is 18.4 Å². The fourth-order valence-electron chi connectivity index (χ4n) is 2.36. The first-order valence-electron chi connectivity index (χ1n) is 6.34. The molecule has 1 aromatic heterocycles. The van der Waals surface area contributed by atoms with E-state index in [1.807, 2.05) is 12.4 Å². The van der Waals surface area contributed by atoms with Crippen molar-refractivity contribution in [1.29, 1.82) is 0 Å². The van der Waals surface area contributed by atoms with E-state index in [-0.39, 0.29) is 5.60 Å². The van der Waals surface area contributed by atoms with Crippen LogP contribution in [0.3, 0.4) is 0 Å². The number of aromatic nitrogens is 1. The first-order chi connectivity index (χ1) is 8.07. The van der Waals surface area contributed by atoms with Gasteiger partial charge in [0.05, 0.1) is 12.2 Å². The van der Waals surface area contributed by atoms with E-state index in [2.05, 4.69) is 37.1 Å². The van der Waals surface area contributed by atoms with Gasteiger partial charge in [-0.25, -0.2) is 0 Å². The third-order valence-electron chi connectivity index (χ3n) is 3.38. The van der Waals surface area contributed by atoms with Crippen LogP contribution in [-0.2, 0) is 11.2 Å². The molecular formula is C14H22N2O. The number of pyridine rings is 1. The molecule has 17 heavy (non-hydrogen) atoms. The van der Waals surface area contributed by atoms with E-state index in [1.165, 1.54) is 11.1 Å². The van der Waals surface area contributed by atoms with Crippen LogP contribution >= 0.6 is 0 Å². The highest BCUT2D eigenvalue weighted by atomic mass is 16.5. The third kappa shape index (κ3) is 3.51. The van der Waals surface area contributed by atoms with Gasteiger partial charge in [-0.3, -0.25) is 4.98 Å². The van der Waals surface area contributed by atoms with E-state index >= 15 is 0 Å². The molecular weight excluding hydrogens is 212 g/mol. The Kier molecular flexibility index (Phi) is 3.79. The summed E-state index contributed by atoms with van der Waals surface area (Å²) in [7, 11) is 0. The van der Waals surface area contributed by atoms with Crippen molar-refractivity contribution in [3.05, 3.63) is 29.6 Å². The van der Waals surface area contributed by atoms with E-state index in [0.717, 1.165) is 26.0 Å². The molecule has 0 amide bonds. The molecule has 2 rings (SSSR count). The molecule has 1 unspecified atom stereocenters. The second kappa shape index (κ2) is 5.15. The molecule has 1 atom stereocenters. The zero-order valence-electron chi connectivity index (χ0n) is 11.0. The van der Waals surface area contributed by atoms with Crippen LogP contribution in [0.25, 0.3) is 0 Å². The van der Waals surface area contributed by atoms with Gasteiger partial charge in [0.15, 0.2) is 0 Å². The van der Waals surface area contributed by atoms with E-state index in [4.69, 9.17) is 4.74 Å². The second-order valence-electron chi connectivity index (χ2n) is 5.48. The van der Waals surface area contributed by atoms with Crippen molar-refractivity contribution in [2.75, 3.05) is 13.2 Å². The number of hydrogen-bond donors (Lipinski definition) is 1. The lowest BCUT2D eigenvalue weighted by Crippen LogP contribution is -2.32. The van der Waals surface area contributed by atoms with Gasteiger partial charge in [-0.05, 0) is 57.4 Å². The van der Waals surface area contributed by atoms with Crippen LogP contribution in [0.2, 0.25) is 0 Å². The molecule has 0 saturated carbocycles. The molecule has 3 heteroatoms. The molecule has 3 nitrogen and oxygen atoms in total. The Morgan fingerprint density at radius 1 is 1.53 bits per heavy atom. The molecule has 1 N–H and O–H groups in total. The van der Waals surface area contributed by atoms with Crippen molar-refractivity contribution in [3.8, 4) is 0 Å².